The van der Waals surface area contributed by atoms with Gasteiger partial charge in [0.25, 0.3) is 5.91 Å². The quantitative estimate of drug-likeness (QED) is 0.653. The molecule has 5 heteroatoms. The van der Waals surface area contributed by atoms with Crippen LogP contribution in [0.25, 0.3) is 0 Å². The van der Waals surface area contributed by atoms with E-state index in [2.05, 4.69) is 5.32 Å². The first-order valence-corrected chi connectivity index (χ1v) is 7.06. The van der Waals surface area contributed by atoms with E-state index in [4.69, 9.17) is 14.2 Å². The maximum absolute atomic E-state index is 12.1. The fraction of sp³-hybridized carbons (Fsp3) is 0.167. The summed E-state index contributed by atoms with van der Waals surface area (Å²) in [6, 6.07) is 14.4. The molecule has 0 spiro atoms. The topological polar surface area (TPSA) is 56.8 Å². The Hall–Kier alpha value is -2.95. The van der Waals surface area contributed by atoms with Crippen molar-refractivity contribution in [2.24, 2.45) is 0 Å². The fourth-order valence-electron chi connectivity index (χ4n) is 1.83. The van der Waals surface area contributed by atoms with E-state index in [1.165, 1.54) is 6.26 Å². The normalized spacial score (nSPS) is 10.8. The highest BCUT2D eigenvalue weighted by Gasteiger charge is 2.08. The number of methoxy groups -OCH3 is 2. The van der Waals surface area contributed by atoms with Crippen molar-refractivity contribution in [2.75, 3.05) is 19.5 Å². The number of carbonyl (C=O) groups is 1. The van der Waals surface area contributed by atoms with Crippen molar-refractivity contribution in [3.05, 3.63) is 60.4 Å². The molecule has 0 bridgehead atoms. The smallest absolute Gasteiger partial charge is 0.254 e. The standard InChI is InChI=1S/C18H19NO4/c1-13(18(20)19-14-7-5-4-6-8-14)12-23-16-10-9-15(21-2)11-17(16)22-3/h4-12H,1-3H3,(H,19,20)/b13-12+. The van der Waals surface area contributed by atoms with Gasteiger partial charge in [-0.15, -0.1) is 0 Å². The molecule has 0 unspecified atom stereocenters. The van der Waals surface area contributed by atoms with Gasteiger partial charge in [0.1, 0.15) is 5.75 Å². The van der Waals surface area contributed by atoms with Gasteiger partial charge in [-0.2, -0.15) is 0 Å². The second-order valence-corrected chi connectivity index (χ2v) is 4.76. The van der Waals surface area contributed by atoms with Gasteiger partial charge in [0.05, 0.1) is 20.5 Å². The lowest BCUT2D eigenvalue weighted by atomic mass is 10.2. The molecule has 0 heterocycles. The molecule has 23 heavy (non-hydrogen) atoms. The largest absolute Gasteiger partial charge is 0.497 e. The van der Waals surface area contributed by atoms with Crippen LogP contribution in [0.2, 0.25) is 0 Å². The summed E-state index contributed by atoms with van der Waals surface area (Å²) < 4.78 is 15.9. The second-order valence-electron chi connectivity index (χ2n) is 4.76. The zero-order valence-corrected chi connectivity index (χ0v) is 13.3. The van der Waals surface area contributed by atoms with Crippen LogP contribution in [0.3, 0.4) is 0 Å². The van der Waals surface area contributed by atoms with Crippen molar-refractivity contribution in [3.63, 3.8) is 0 Å². The molecular weight excluding hydrogens is 294 g/mol. The Bertz CT molecular complexity index is 695. The third kappa shape index (κ3) is 4.51. The highest BCUT2D eigenvalue weighted by molar-refractivity contribution is 6.03. The van der Waals surface area contributed by atoms with E-state index in [1.54, 1.807) is 39.3 Å². The summed E-state index contributed by atoms with van der Waals surface area (Å²) in [5, 5.41) is 2.79. The Morgan fingerprint density at radius 2 is 1.74 bits per heavy atom. The van der Waals surface area contributed by atoms with E-state index in [9.17, 15) is 4.79 Å². The molecule has 1 amide bonds. The SMILES string of the molecule is COc1ccc(O/C=C(\C)C(=O)Nc2ccccc2)c(OC)c1. The molecule has 2 rings (SSSR count). The van der Waals surface area contributed by atoms with E-state index >= 15 is 0 Å². The van der Waals surface area contributed by atoms with E-state index in [-0.39, 0.29) is 5.91 Å². The minimum absolute atomic E-state index is 0.233. The number of para-hydroxylation sites is 1. The first-order chi connectivity index (χ1) is 11.1. The number of benzene rings is 2. The number of amides is 1. The first kappa shape index (κ1) is 16.4. The van der Waals surface area contributed by atoms with E-state index in [1.807, 2.05) is 30.3 Å². The zero-order chi connectivity index (χ0) is 16.7. The van der Waals surface area contributed by atoms with Gasteiger partial charge in [-0.05, 0) is 31.2 Å². The Morgan fingerprint density at radius 1 is 1.00 bits per heavy atom. The zero-order valence-electron chi connectivity index (χ0n) is 13.3. The Labute approximate surface area is 135 Å². The van der Waals surface area contributed by atoms with Gasteiger partial charge in [0.2, 0.25) is 0 Å². The minimum Gasteiger partial charge on any atom is -0.497 e. The molecule has 2 aromatic carbocycles. The van der Waals surface area contributed by atoms with Crippen LogP contribution < -0.4 is 19.5 Å². The van der Waals surface area contributed by atoms with Crippen LogP contribution in [0.1, 0.15) is 6.92 Å². The number of anilines is 1. The van der Waals surface area contributed by atoms with Gasteiger partial charge >= 0.3 is 0 Å². The van der Waals surface area contributed by atoms with Crippen LogP contribution >= 0.6 is 0 Å². The van der Waals surface area contributed by atoms with Gasteiger partial charge in [0, 0.05) is 17.3 Å². The monoisotopic (exact) mass is 313 g/mol. The predicted octanol–water partition coefficient (Wildman–Crippen LogP) is 3.63. The summed E-state index contributed by atoms with van der Waals surface area (Å²) in [4.78, 5) is 12.1. The number of ether oxygens (including phenoxy) is 3. The summed E-state index contributed by atoms with van der Waals surface area (Å²) in [5.41, 5.74) is 1.17. The van der Waals surface area contributed by atoms with Crippen molar-refractivity contribution in [1.82, 2.24) is 0 Å². The van der Waals surface area contributed by atoms with Crippen molar-refractivity contribution >= 4 is 11.6 Å². The highest BCUT2D eigenvalue weighted by Crippen LogP contribution is 2.31. The Balaban J connectivity index is 2.05. The average molecular weight is 313 g/mol. The number of rotatable bonds is 6. The van der Waals surface area contributed by atoms with Gasteiger partial charge in [-0.3, -0.25) is 4.79 Å². The van der Waals surface area contributed by atoms with E-state index < -0.39 is 0 Å². The summed E-state index contributed by atoms with van der Waals surface area (Å²) in [6.45, 7) is 1.67. The number of nitrogens with one attached hydrogen (secondary N) is 1. The first-order valence-electron chi connectivity index (χ1n) is 7.06. The minimum atomic E-state index is -0.233. The molecule has 0 aliphatic rings. The van der Waals surface area contributed by atoms with Crippen LogP contribution in [-0.2, 0) is 4.79 Å². The lowest BCUT2D eigenvalue weighted by Crippen LogP contribution is -2.13. The Kier molecular flexibility index (Phi) is 5.63. The number of hydrogen-bond donors (Lipinski definition) is 1. The summed E-state index contributed by atoms with van der Waals surface area (Å²) in [7, 11) is 3.12. The molecule has 2 aromatic rings. The van der Waals surface area contributed by atoms with Crippen molar-refractivity contribution in [1.29, 1.82) is 0 Å². The molecule has 0 radical (unpaired) electrons. The van der Waals surface area contributed by atoms with E-state index in [0.29, 0.717) is 22.8 Å². The molecule has 0 fully saturated rings. The fourth-order valence-corrected chi connectivity index (χ4v) is 1.83. The molecule has 0 atom stereocenters. The summed E-state index contributed by atoms with van der Waals surface area (Å²) in [6.07, 6.45) is 1.39. The van der Waals surface area contributed by atoms with Gasteiger partial charge in [-0.25, -0.2) is 0 Å². The summed E-state index contributed by atoms with van der Waals surface area (Å²) >= 11 is 0. The Morgan fingerprint density at radius 3 is 2.39 bits per heavy atom. The third-order valence-corrected chi connectivity index (χ3v) is 3.12. The van der Waals surface area contributed by atoms with Crippen LogP contribution in [0.5, 0.6) is 17.2 Å². The van der Waals surface area contributed by atoms with Crippen molar-refractivity contribution in [2.45, 2.75) is 6.92 Å². The lowest BCUT2D eigenvalue weighted by molar-refractivity contribution is -0.112. The molecule has 0 saturated carbocycles. The highest BCUT2D eigenvalue weighted by atomic mass is 16.5. The molecule has 120 valence electrons. The summed E-state index contributed by atoms with van der Waals surface area (Å²) in [5.74, 6) is 1.46. The van der Waals surface area contributed by atoms with Crippen molar-refractivity contribution < 1.29 is 19.0 Å². The molecule has 0 saturated heterocycles. The predicted molar refractivity (Wildman–Crippen MR) is 89.0 cm³/mol. The van der Waals surface area contributed by atoms with Crippen LogP contribution in [0, 0.1) is 0 Å². The average Bonchev–Trinajstić information content (AvgIpc) is 2.60. The molecule has 1 N–H and O–H groups in total. The molecule has 0 aromatic heterocycles. The molecule has 5 nitrogen and oxygen atoms in total. The maximum Gasteiger partial charge on any atom is 0.254 e. The number of hydrogen-bond acceptors (Lipinski definition) is 4. The van der Waals surface area contributed by atoms with Gasteiger partial charge < -0.3 is 19.5 Å². The maximum atomic E-state index is 12.1. The van der Waals surface area contributed by atoms with Gasteiger partial charge in [-0.1, -0.05) is 18.2 Å². The van der Waals surface area contributed by atoms with Crippen LogP contribution in [-0.4, -0.2) is 20.1 Å². The van der Waals surface area contributed by atoms with Crippen LogP contribution in [0.4, 0.5) is 5.69 Å². The van der Waals surface area contributed by atoms with Crippen molar-refractivity contribution in [3.8, 4) is 17.2 Å². The molecule has 0 aliphatic heterocycles. The second kappa shape index (κ2) is 7.89. The lowest BCUT2D eigenvalue weighted by Gasteiger charge is -2.10. The van der Waals surface area contributed by atoms with Crippen LogP contribution in [0.15, 0.2) is 60.4 Å². The number of carbonyl (C=O) groups excluding carboxylic acids is 1. The molecular formula is C18H19NO4. The van der Waals surface area contributed by atoms with E-state index in [0.717, 1.165) is 5.69 Å². The molecule has 0 aliphatic carbocycles. The third-order valence-electron chi connectivity index (χ3n) is 3.12. The van der Waals surface area contributed by atoms with Gasteiger partial charge in [0.15, 0.2) is 11.5 Å².